The van der Waals surface area contributed by atoms with E-state index < -0.39 is 0 Å². The first kappa shape index (κ1) is 15.8. The molecule has 2 aliphatic rings. The van der Waals surface area contributed by atoms with Crippen molar-refractivity contribution in [2.24, 2.45) is 0 Å². The molecule has 2 heterocycles. The van der Waals surface area contributed by atoms with Crippen LogP contribution in [0.5, 0.6) is 0 Å². The molecule has 2 fully saturated rings. The largest absolute Gasteiger partial charge is 0.358 e. The Hall–Kier alpha value is -1.07. The Labute approximate surface area is 142 Å². The van der Waals surface area contributed by atoms with E-state index in [2.05, 4.69) is 17.0 Å². The van der Waals surface area contributed by atoms with Crippen LogP contribution < -0.4 is 0 Å². The Kier molecular flexibility index (Phi) is 5.37. The first-order chi connectivity index (χ1) is 10.7. The summed E-state index contributed by atoms with van der Waals surface area (Å²) in [5.41, 5.74) is 2.03. The Balaban J connectivity index is 1.52. The summed E-state index contributed by atoms with van der Waals surface area (Å²) >= 11 is 7.21. The van der Waals surface area contributed by atoms with E-state index in [4.69, 9.17) is 12.2 Å². The molecule has 0 aliphatic carbocycles. The molecule has 0 N–H and O–H groups in total. The molecule has 0 aromatic heterocycles. The van der Waals surface area contributed by atoms with Gasteiger partial charge in [0.25, 0.3) is 5.91 Å². The molecule has 1 aromatic rings. The maximum absolute atomic E-state index is 12.3. The molecule has 0 unspecified atom stereocenters. The SMILES string of the molecule is O=C(c1ccc(CSC(=S)N2CCCC2)cc1)N1CCCC1. The average molecular weight is 335 g/mol. The van der Waals surface area contributed by atoms with Gasteiger partial charge < -0.3 is 9.80 Å². The van der Waals surface area contributed by atoms with Crippen molar-refractivity contribution in [3.05, 3.63) is 35.4 Å². The summed E-state index contributed by atoms with van der Waals surface area (Å²) in [7, 11) is 0. The van der Waals surface area contributed by atoms with Gasteiger partial charge in [-0.1, -0.05) is 36.1 Å². The van der Waals surface area contributed by atoms with E-state index in [0.717, 1.165) is 54.7 Å². The fourth-order valence-electron chi connectivity index (χ4n) is 2.98. The van der Waals surface area contributed by atoms with Crippen LogP contribution >= 0.6 is 24.0 Å². The Morgan fingerprint density at radius 3 is 2.09 bits per heavy atom. The lowest BCUT2D eigenvalue weighted by molar-refractivity contribution is 0.0793. The molecule has 118 valence electrons. The standard InChI is InChI=1S/C17H22N2OS2/c20-16(18-9-1-2-10-18)15-7-5-14(6-8-15)13-22-17(21)19-11-3-4-12-19/h5-8H,1-4,9-13H2. The molecule has 3 rings (SSSR count). The van der Waals surface area contributed by atoms with Crippen molar-refractivity contribution in [2.45, 2.75) is 31.4 Å². The van der Waals surface area contributed by atoms with E-state index >= 15 is 0 Å². The monoisotopic (exact) mass is 334 g/mol. The molecule has 5 heteroatoms. The Morgan fingerprint density at radius 2 is 1.50 bits per heavy atom. The fourth-order valence-corrected chi connectivity index (χ4v) is 4.19. The number of hydrogen-bond donors (Lipinski definition) is 0. The quantitative estimate of drug-likeness (QED) is 0.789. The van der Waals surface area contributed by atoms with Gasteiger partial charge in [0.05, 0.1) is 0 Å². The molecule has 2 aliphatic heterocycles. The second kappa shape index (κ2) is 7.47. The van der Waals surface area contributed by atoms with Crippen molar-refractivity contribution >= 4 is 34.2 Å². The molecule has 2 saturated heterocycles. The maximum Gasteiger partial charge on any atom is 0.253 e. The van der Waals surface area contributed by atoms with Gasteiger partial charge in [-0.3, -0.25) is 4.79 Å². The maximum atomic E-state index is 12.3. The first-order valence-corrected chi connectivity index (χ1v) is 9.43. The second-order valence-electron chi connectivity index (χ2n) is 5.94. The van der Waals surface area contributed by atoms with Crippen molar-refractivity contribution < 1.29 is 4.79 Å². The van der Waals surface area contributed by atoms with Gasteiger partial charge in [0.15, 0.2) is 0 Å². The zero-order valence-electron chi connectivity index (χ0n) is 12.8. The highest BCUT2D eigenvalue weighted by Gasteiger charge is 2.19. The van der Waals surface area contributed by atoms with E-state index in [0.29, 0.717) is 0 Å². The van der Waals surface area contributed by atoms with Gasteiger partial charge in [0.2, 0.25) is 0 Å². The summed E-state index contributed by atoms with van der Waals surface area (Å²) in [6, 6.07) is 8.02. The lowest BCUT2D eigenvalue weighted by Crippen LogP contribution is -2.27. The summed E-state index contributed by atoms with van der Waals surface area (Å²) in [6.45, 7) is 4.02. The molecular weight excluding hydrogens is 312 g/mol. The fraction of sp³-hybridized carbons (Fsp3) is 0.529. The highest BCUT2D eigenvalue weighted by Crippen LogP contribution is 2.21. The minimum Gasteiger partial charge on any atom is -0.358 e. The van der Waals surface area contributed by atoms with Crippen LogP contribution in [0, 0.1) is 0 Å². The molecule has 1 aromatic carbocycles. The van der Waals surface area contributed by atoms with E-state index in [1.54, 1.807) is 11.8 Å². The van der Waals surface area contributed by atoms with Gasteiger partial charge in [-0.2, -0.15) is 0 Å². The number of carbonyl (C=O) groups is 1. The number of hydrogen-bond acceptors (Lipinski definition) is 3. The van der Waals surface area contributed by atoms with Gasteiger partial charge in [-0.15, -0.1) is 0 Å². The number of thiocarbonyl (C=S) groups is 1. The van der Waals surface area contributed by atoms with E-state index in [1.807, 2.05) is 17.0 Å². The molecule has 3 nitrogen and oxygen atoms in total. The third kappa shape index (κ3) is 3.82. The Bertz CT molecular complexity index is 532. The third-order valence-corrected chi connectivity index (χ3v) is 5.92. The van der Waals surface area contributed by atoms with E-state index in [1.165, 1.54) is 18.4 Å². The van der Waals surface area contributed by atoms with Crippen LogP contribution in [-0.4, -0.2) is 46.2 Å². The summed E-state index contributed by atoms with van der Waals surface area (Å²) in [4.78, 5) is 16.5. The topological polar surface area (TPSA) is 23.6 Å². The predicted octanol–water partition coefficient (Wildman–Crippen LogP) is 3.54. The highest BCUT2D eigenvalue weighted by atomic mass is 32.2. The van der Waals surface area contributed by atoms with Crippen LogP contribution in [0.1, 0.15) is 41.6 Å². The molecule has 1 amide bonds. The Morgan fingerprint density at radius 1 is 0.955 bits per heavy atom. The molecule has 0 atom stereocenters. The van der Waals surface area contributed by atoms with Gasteiger partial charge >= 0.3 is 0 Å². The number of likely N-dealkylation sites (tertiary alicyclic amines) is 2. The van der Waals surface area contributed by atoms with Crippen LogP contribution in [0.2, 0.25) is 0 Å². The second-order valence-corrected chi connectivity index (χ2v) is 7.55. The number of nitrogens with zero attached hydrogens (tertiary/aromatic N) is 2. The third-order valence-electron chi connectivity index (χ3n) is 4.32. The lowest BCUT2D eigenvalue weighted by atomic mass is 10.1. The summed E-state index contributed by atoms with van der Waals surface area (Å²) in [5, 5.41) is 0. The van der Waals surface area contributed by atoms with Crippen LogP contribution in [0.25, 0.3) is 0 Å². The van der Waals surface area contributed by atoms with Crippen molar-refractivity contribution in [1.82, 2.24) is 9.80 Å². The normalized spacial score (nSPS) is 18.0. The summed E-state index contributed by atoms with van der Waals surface area (Å²) in [5.74, 6) is 1.05. The van der Waals surface area contributed by atoms with Crippen LogP contribution in [0.3, 0.4) is 0 Å². The molecule has 0 spiro atoms. The molecule has 22 heavy (non-hydrogen) atoms. The van der Waals surface area contributed by atoms with Crippen LogP contribution in [0.4, 0.5) is 0 Å². The zero-order chi connectivity index (χ0) is 15.4. The zero-order valence-corrected chi connectivity index (χ0v) is 14.4. The molecular formula is C17H22N2OS2. The highest BCUT2D eigenvalue weighted by molar-refractivity contribution is 8.22. The molecule has 0 bridgehead atoms. The van der Waals surface area contributed by atoms with Crippen LogP contribution in [-0.2, 0) is 5.75 Å². The number of thioether (sulfide) groups is 1. The van der Waals surface area contributed by atoms with Crippen molar-refractivity contribution in [2.75, 3.05) is 26.2 Å². The predicted molar refractivity (Wildman–Crippen MR) is 96.3 cm³/mol. The minimum atomic E-state index is 0.171. The van der Waals surface area contributed by atoms with Crippen molar-refractivity contribution in [3.8, 4) is 0 Å². The summed E-state index contributed by atoms with van der Waals surface area (Å²) < 4.78 is 1.01. The van der Waals surface area contributed by atoms with Gasteiger partial charge in [-0.05, 0) is 43.4 Å². The van der Waals surface area contributed by atoms with E-state index in [9.17, 15) is 4.79 Å². The molecule has 0 saturated carbocycles. The number of carbonyl (C=O) groups excluding carboxylic acids is 1. The number of rotatable bonds is 3. The molecule has 0 radical (unpaired) electrons. The first-order valence-electron chi connectivity index (χ1n) is 8.04. The number of benzene rings is 1. The van der Waals surface area contributed by atoms with Crippen LogP contribution in [0.15, 0.2) is 24.3 Å². The summed E-state index contributed by atoms with van der Waals surface area (Å²) in [6.07, 6.45) is 4.78. The van der Waals surface area contributed by atoms with Gasteiger partial charge in [0.1, 0.15) is 4.32 Å². The van der Waals surface area contributed by atoms with Crippen molar-refractivity contribution in [1.29, 1.82) is 0 Å². The van der Waals surface area contributed by atoms with Gasteiger partial charge in [-0.25, -0.2) is 0 Å². The number of amides is 1. The smallest absolute Gasteiger partial charge is 0.253 e. The van der Waals surface area contributed by atoms with Crippen molar-refractivity contribution in [3.63, 3.8) is 0 Å². The van der Waals surface area contributed by atoms with Gasteiger partial charge in [0, 0.05) is 37.5 Å². The minimum absolute atomic E-state index is 0.171. The van der Waals surface area contributed by atoms with E-state index in [-0.39, 0.29) is 5.91 Å². The average Bonchev–Trinajstić information content (AvgIpc) is 3.25. The lowest BCUT2D eigenvalue weighted by Gasteiger charge is -2.17.